The van der Waals surface area contributed by atoms with E-state index in [-0.39, 0.29) is 30.3 Å². The summed E-state index contributed by atoms with van der Waals surface area (Å²) in [4.78, 5) is 0. The zero-order valence-electron chi connectivity index (χ0n) is 19.1. The molecule has 1 atom stereocenters. The highest BCUT2D eigenvalue weighted by atomic mass is 19.2. The molecule has 2 aromatic carbocycles. The fourth-order valence-corrected chi connectivity index (χ4v) is 3.82. The Bertz CT molecular complexity index is 1200. The molecule has 8 heteroatoms. The van der Waals surface area contributed by atoms with E-state index in [0.29, 0.717) is 24.8 Å². The Morgan fingerprint density at radius 3 is 2.29 bits per heavy atom. The number of rotatable bonds is 9. The van der Waals surface area contributed by atoms with E-state index in [9.17, 15) is 27.1 Å². The van der Waals surface area contributed by atoms with Crippen LogP contribution in [0, 0.1) is 17.5 Å². The van der Waals surface area contributed by atoms with Crippen molar-refractivity contribution in [3.05, 3.63) is 107 Å². The molecular weight excluding hydrogens is 467 g/mol. The van der Waals surface area contributed by atoms with Gasteiger partial charge in [-0.3, -0.25) is 0 Å². The summed E-state index contributed by atoms with van der Waals surface area (Å²) in [6.45, 7) is 7.90. The molecule has 0 aromatic heterocycles. The van der Waals surface area contributed by atoms with E-state index in [1.54, 1.807) is 13.0 Å². The van der Waals surface area contributed by atoms with Crippen LogP contribution in [0.2, 0.25) is 0 Å². The number of phenols is 1. The van der Waals surface area contributed by atoms with Crippen molar-refractivity contribution in [2.45, 2.75) is 38.7 Å². The molecule has 0 aliphatic heterocycles. The van der Waals surface area contributed by atoms with Crippen LogP contribution >= 0.6 is 0 Å². The fourth-order valence-electron chi connectivity index (χ4n) is 3.82. The van der Waals surface area contributed by atoms with Crippen molar-refractivity contribution in [1.82, 2.24) is 0 Å². The molecule has 1 aliphatic rings. The lowest BCUT2D eigenvalue weighted by atomic mass is 9.82. The molecule has 0 heterocycles. The molecule has 1 N–H and O–H groups in total. The van der Waals surface area contributed by atoms with Crippen molar-refractivity contribution < 1.29 is 36.5 Å². The van der Waals surface area contributed by atoms with Gasteiger partial charge in [-0.15, -0.1) is 0 Å². The average molecular weight is 492 g/mol. The number of benzene rings is 2. The molecule has 2 aromatic rings. The molecule has 186 valence electrons. The minimum atomic E-state index is -1.38. The number of ether oxygens (including phenoxy) is 2. The van der Waals surface area contributed by atoms with E-state index in [1.807, 2.05) is 6.08 Å². The normalized spacial score (nSPS) is 16.3. The van der Waals surface area contributed by atoms with Crippen molar-refractivity contribution in [2.24, 2.45) is 0 Å². The van der Waals surface area contributed by atoms with Crippen LogP contribution in [-0.4, -0.2) is 11.7 Å². The van der Waals surface area contributed by atoms with Gasteiger partial charge in [-0.05, 0) is 60.9 Å². The second kappa shape index (κ2) is 11.3. The molecule has 1 aliphatic carbocycles. The molecule has 0 spiro atoms. The largest absolute Gasteiger partial charge is 0.505 e. The highest BCUT2D eigenvalue weighted by Crippen LogP contribution is 2.38. The standard InChI is InChI=1S/C27H25F5O3/c1-4-34-15(2)24(29)25(30)16(3)35-14-20-10-9-19(13-22(20)28)17-5-7-18(8-6-17)21-11-12-23(33)27(32)26(21)31/h5,9-13,18,33H,2-4,6-8,14H2,1H3/b25-24-. The molecule has 0 fully saturated rings. The lowest BCUT2D eigenvalue weighted by Gasteiger charge is -2.23. The Hall–Kier alpha value is -3.55. The molecule has 0 radical (unpaired) electrons. The van der Waals surface area contributed by atoms with Gasteiger partial charge < -0.3 is 14.6 Å². The first kappa shape index (κ1) is 26.1. The second-order valence-electron chi connectivity index (χ2n) is 8.00. The van der Waals surface area contributed by atoms with Crippen LogP contribution in [0.15, 0.2) is 72.7 Å². The predicted octanol–water partition coefficient (Wildman–Crippen LogP) is 7.89. The Morgan fingerprint density at radius 1 is 1.00 bits per heavy atom. The zero-order valence-corrected chi connectivity index (χ0v) is 19.1. The monoisotopic (exact) mass is 492 g/mol. The molecule has 0 bridgehead atoms. The fraction of sp³-hybridized carbons (Fsp3) is 0.259. The summed E-state index contributed by atoms with van der Waals surface area (Å²) in [6, 6.07) is 6.94. The molecule has 35 heavy (non-hydrogen) atoms. The van der Waals surface area contributed by atoms with Crippen LogP contribution in [0.3, 0.4) is 0 Å². The van der Waals surface area contributed by atoms with Crippen LogP contribution < -0.4 is 0 Å². The summed E-state index contributed by atoms with van der Waals surface area (Å²) in [5.41, 5.74) is 1.77. The van der Waals surface area contributed by atoms with Gasteiger partial charge in [-0.25, -0.2) is 8.78 Å². The maximum Gasteiger partial charge on any atom is 0.203 e. The van der Waals surface area contributed by atoms with Crippen molar-refractivity contribution in [3.8, 4) is 5.75 Å². The van der Waals surface area contributed by atoms with Crippen molar-refractivity contribution >= 4 is 5.57 Å². The van der Waals surface area contributed by atoms with E-state index < -0.39 is 46.4 Å². The molecule has 1 unspecified atom stereocenters. The van der Waals surface area contributed by atoms with Crippen LogP contribution in [-0.2, 0) is 16.1 Å². The van der Waals surface area contributed by atoms with Gasteiger partial charge in [0.2, 0.25) is 17.5 Å². The smallest absolute Gasteiger partial charge is 0.203 e. The first-order valence-corrected chi connectivity index (χ1v) is 11.0. The maximum atomic E-state index is 14.7. The number of hydrogen-bond donors (Lipinski definition) is 1. The van der Waals surface area contributed by atoms with Gasteiger partial charge >= 0.3 is 0 Å². The molecule has 0 amide bonds. The summed E-state index contributed by atoms with van der Waals surface area (Å²) in [5.74, 6) is -7.77. The van der Waals surface area contributed by atoms with Crippen LogP contribution in [0.25, 0.3) is 5.57 Å². The van der Waals surface area contributed by atoms with E-state index in [2.05, 4.69) is 13.2 Å². The molecule has 3 nitrogen and oxygen atoms in total. The van der Waals surface area contributed by atoms with Gasteiger partial charge in [0.15, 0.2) is 23.1 Å². The van der Waals surface area contributed by atoms with E-state index >= 15 is 0 Å². The lowest BCUT2D eigenvalue weighted by molar-refractivity contribution is 0.186. The Morgan fingerprint density at radius 2 is 1.69 bits per heavy atom. The predicted molar refractivity (Wildman–Crippen MR) is 123 cm³/mol. The van der Waals surface area contributed by atoms with E-state index in [0.717, 1.165) is 11.6 Å². The highest BCUT2D eigenvalue weighted by molar-refractivity contribution is 5.67. The van der Waals surface area contributed by atoms with Crippen LogP contribution in [0.4, 0.5) is 22.0 Å². The number of hydrogen-bond acceptors (Lipinski definition) is 3. The quantitative estimate of drug-likeness (QED) is 0.220. The summed E-state index contributed by atoms with van der Waals surface area (Å²) in [7, 11) is 0. The molecule has 0 saturated carbocycles. The summed E-state index contributed by atoms with van der Waals surface area (Å²) in [6.07, 6.45) is 3.30. The Labute approximate surface area is 200 Å². The number of allylic oxidation sites excluding steroid dienone is 4. The third-order valence-electron chi connectivity index (χ3n) is 5.77. The van der Waals surface area contributed by atoms with Gasteiger partial charge in [0.25, 0.3) is 0 Å². The average Bonchev–Trinajstić information content (AvgIpc) is 2.85. The second-order valence-corrected chi connectivity index (χ2v) is 8.00. The zero-order chi connectivity index (χ0) is 25.7. The van der Waals surface area contributed by atoms with Crippen molar-refractivity contribution in [1.29, 1.82) is 0 Å². The Kier molecular flexibility index (Phi) is 8.38. The first-order chi connectivity index (χ1) is 16.6. The van der Waals surface area contributed by atoms with Crippen LogP contribution in [0.1, 0.15) is 48.8 Å². The third-order valence-corrected chi connectivity index (χ3v) is 5.77. The van der Waals surface area contributed by atoms with Gasteiger partial charge in [0.1, 0.15) is 12.4 Å². The maximum absolute atomic E-state index is 14.7. The van der Waals surface area contributed by atoms with Gasteiger partial charge in [0.05, 0.1) is 6.61 Å². The summed E-state index contributed by atoms with van der Waals surface area (Å²) < 4.78 is 80.4. The highest BCUT2D eigenvalue weighted by Gasteiger charge is 2.23. The topological polar surface area (TPSA) is 38.7 Å². The molecule has 3 rings (SSSR count). The number of halogens is 5. The van der Waals surface area contributed by atoms with E-state index in [1.165, 1.54) is 18.2 Å². The first-order valence-electron chi connectivity index (χ1n) is 11.0. The number of aromatic hydroxyl groups is 1. The molecular formula is C27H25F5O3. The lowest BCUT2D eigenvalue weighted by Crippen LogP contribution is -2.08. The SMILES string of the molecule is C=C(OCC)/C(F)=C(/F)C(=C)OCc1ccc(C2=CCC(c3ccc(O)c(F)c3F)CC2)cc1F. The number of phenolic OH excluding ortho intramolecular Hbond substituents is 1. The minimum absolute atomic E-state index is 0.105. The summed E-state index contributed by atoms with van der Waals surface area (Å²) in [5, 5.41) is 9.30. The Balaban J connectivity index is 1.66. The molecule has 0 saturated heterocycles. The van der Waals surface area contributed by atoms with Crippen molar-refractivity contribution in [2.75, 3.05) is 6.61 Å². The summed E-state index contributed by atoms with van der Waals surface area (Å²) >= 11 is 0. The van der Waals surface area contributed by atoms with Gasteiger partial charge in [0, 0.05) is 5.56 Å². The third kappa shape index (κ3) is 5.93. The van der Waals surface area contributed by atoms with Gasteiger partial charge in [-0.1, -0.05) is 37.4 Å². The van der Waals surface area contributed by atoms with Crippen LogP contribution in [0.5, 0.6) is 5.75 Å². The van der Waals surface area contributed by atoms with Gasteiger partial charge in [-0.2, -0.15) is 13.2 Å². The minimum Gasteiger partial charge on any atom is -0.505 e. The van der Waals surface area contributed by atoms with Crippen molar-refractivity contribution in [3.63, 3.8) is 0 Å². The van der Waals surface area contributed by atoms with E-state index in [4.69, 9.17) is 9.47 Å².